The maximum Gasteiger partial charge on any atom is 0.400 e. The second-order valence-corrected chi connectivity index (χ2v) is 12.0. The molecule has 0 saturated carbocycles. The Bertz CT molecular complexity index is 1230. The molecule has 9 heteroatoms. The lowest BCUT2D eigenvalue weighted by Crippen LogP contribution is -2.60. The van der Waals surface area contributed by atoms with E-state index in [1.807, 2.05) is 6.92 Å². The zero-order valence-corrected chi connectivity index (χ0v) is 27.2. The molecule has 3 rings (SSSR count). The van der Waals surface area contributed by atoms with Crippen LogP contribution in [0, 0.1) is 16.7 Å². The van der Waals surface area contributed by atoms with E-state index in [0.717, 1.165) is 62.0 Å². The third-order valence-corrected chi connectivity index (χ3v) is 8.88. The monoisotopic (exact) mass is 646 g/mol. The number of halogens is 3. The number of unbranched alkanes of at least 4 members (excludes halogenated alkanes) is 8. The smallest absolute Gasteiger partial charge is 0.400 e. The molecule has 0 aliphatic heterocycles. The van der Waals surface area contributed by atoms with Crippen molar-refractivity contribution < 1.29 is 42.1 Å². The predicted molar refractivity (Wildman–Crippen MR) is 173 cm³/mol. The summed E-state index contributed by atoms with van der Waals surface area (Å²) < 4.78 is 62.1. The molecule has 1 aromatic rings. The Morgan fingerprint density at radius 3 is 2.13 bits per heavy atom. The van der Waals surface area contributed by atoms with Crippen LogP contribution < -0.4 is 4.74 Å². The van der Waals surface area contributed by atoms with Crippen LogP contribution in [-0.2, 0) is 19.1 Å². The van der Waals surface area contributed by atoms with Gasteiger partial charge < -0.3 is 19.3 Å². The highest BCUT2D eigenvalue weighted by atomic mass is 19.4. The van der Waals surface area contributed by atoms with Gasteiger partial charge in [-0.05, 0) is 62.3 Å². The zero-order chi connectivity index (χ0) is 33.5. The third kappa shape index (κ3) is 9.14. The van der Waals surface area contributed by atoms with Crippen molar-refractivity contribution in [2.75, 3.05) is 26.4 Å². The van der Waals surface area contributed by atoms with E-state index in [1.54, 1.807) is 24.3 Å². The van der Waals surface area contributed by atoms with Crippen LogP contribution in [-0.4, -0.2) is 49.6 Å². The molecule has 1 N–H and O–H groups in total. The lowest BCUT2D eigenvalue weighted by Gasteiger charge is -2.49. The van der Waals surface area contributed by atoms with Gasteiger partial charge in [0.05, 0.1) is 19.1 Å². The standard InChI is InChI=1S/C37H49F3O6/c1-3-5-6-7-8-14-27-45-31-19-17-29(18-20-31)30-21-24-35(25-22-30,34(42)43)36(37(38,39)40)23-12-11-16-32(36)33(41)46-28-15-10-9-13-26-44-4-2/h11-12,16-24,32H,3-10,13-15,25-28H2,1-2H3,(H,42,43). The van der Waals surface area contributed by atoms with Crippen molar-refractivity contribution in [2.45, 2.75) is 90.7 Å². The summed E-state index contributed by atoms with van der Waals surface area (Å²) in [6.07, 6.45) is 12.7. The van der Waals surface area contributed by atoms with E-state index >= 15 is 13.2 Å². The molecule has 46 heavy (non-hydrogen) atoms. The number of carboxylic acids is 1. The molecule has 0 aromatic heterocycles. The second-order valence-electron chi connectivity index (χ2n) is 12.0. The molecule has 0 amide bonds. The van der Waals surface area contributed by atoms with Crippen LogP contribution >= 0.6 is 0 Å². The lowest BCUT2D eigenvalue weighted by atomic mass is 9.52. The van der Waals surface area contributed by atoms with E-state index < -0.39 is 41.3 Å². The first-order chi connectivity index (χ1) is 22.1. The molecule has 0 bridgehead atoms. The molecule has 1 aromatic carbocycles. The summed E-state index contributed by atoms with van der Waals surface area (Å²) in [5.41, 5.74) is -4.21. The van der Waals surface area contributed by atoms with Crippen molar-refractivity contribution in [3.63, 3.8) is 0 Å². The summed E-state index contributed by atoms with van der Waals surface area (Å²) in [5.74, 6) is -3.93. The number of alkyl halides is 3. The molecule has 3 unspecified atom stereocenters. The number of allylic oxidation sites excluding steroid dienone is 6. The van der Waals surface area contributed by atoms with Crippen LogP contribution in [0.2, 0.25) is 0 Å². The molecular formula is C37H49F3O6. The SMILES string of the molecule is CCCCCCCCOc1ccc(C2=CCC(C(=O)O)(C3(C(F)(F)F)C=CC=CC3C(=O)OCCCCCCOCC)C=C2)cc1. The molecule has 3 atom stereocenters. The van der Waals surface area contributed by atoms with Crippen molar-refractivity contribution >= 4 is 17.5 Å². The number of carbonyl (C=O) groups is 2. The van der Waals surface area contributed by atoms with Gasteiger partial charge in [-0.25, -0.2) is 0 Å². The van der Waals surface area contributed by atoms with Gasteiger partial charge in [0.1, 0.15) is 16.6 Å². The van der Waals surface area contributed by atoms with Crippen LogP contribution in [0.5, 0.6) is 5.75 Å². The average Bonchev–Trinajstić information content (AvgIpc) is 3.05. The van der Waals surface area contributed by atoms with Crippen molar-refractivity contribution in [1.82, 2.24) is 0 Å². The second kappa shape index (κ2) is 18.1. The van der Waals surface area contributed by atoms with E-state index in [0.29, 0.717) is 37.6 Å². The van der Waals surface area contributed by atoms with Crippen LogP contribution in [0.3, 0.4) is 0 Å². The molecule has 254 valence electrons. The predicted octanol–water partition coefficient (Wildman–Crippen LogP) is 9.27. The molecule has 2 aliphatic carbocycles. The fraction of sp³-hybridized carbons (Fsp3) is 0.568. The summed E-state index contributed by atoms with van der Waals surface area (Å²) in [6.45, 7) is 5.91. The summed E-state index contributed by atoms with van der Waals surface area (Å²) in [6, 6.07) is 7.22. The minimum atomic E-state index is -5.08. The van der Waals surface area contributed by atoms with Crippen LogP contribution in [0.4, 0.5) is 13.2 Å². The molecule has 0 spiro atoms. The highest BCUT2D eigenvalue weighted by Crippen LogP contribution is 2.62. The summed E-state index contributed by atoms with van der Waals surface area (Å²) in [5, 5.41) is 10.4. The maximum absolute atomic E-state index is 15.2. The molecule has 0 heterocycles. The Morgan fingerprint density at radius 2 is 1.52 bits per heavy atom. The number of hydrogen-bond donors (Lipinski definition) is 1. The number of carboxylic acid groups (broad SMARTS) is 1. The van der Waals surface area contributed by atoms with Gasteiger partial charge in [-0.15, -0.1) is 0 Å². The van der Waals surface area contributed by atoms with E-state index in [9.17, 15) is 14.7 Å². The first-order valence-electron chi connectivity index (χ1n) is 16.7. The van der Waals surface area contributed by atoms with E-state index in [-0.39, 0.29) is 6.61 Å². The minimum absolute atomic E-state index is 0.0475. The topological polar surface area (TPSA) is 82.1 Å². The number of carbonyl (C=O) groups excluding carboxylic acids is 1. The van der Waals surface area contributed by atoms with Crippen LogP contribution in [0.25, 0.3) is 5.57 Å². The van der Waals surface area contributed by atoms with Gasteiger partial charge in [-0.2, -0.15) is 13.2 Å². The van der Waals surface area contributed by atoms with Crippen molar-refractivity contribution in [1.29, 1.82) is 0 Å². The lowest BCUT2D eigenvalue weighted by molar-refractivity contribution is -0.254. The fourth-order valence-electron chi connectivity index (χ4n) is 6.23. The van der Waals surface area contributed by atoms with Gasteiger partial charge in [-0.1, -0.05) is 100 Å². The number of ether oxygens (including phenoxy) is 3. The molecule has 0 radical (unpaired) electrons. The van der Waals surface area contributed by atoms with Crippen molar-refractivity contribution in [2.24, 2.45) is 16.7 Å². The number of benzene rings is 1. The van der Waals surface area contributed by atoms with Crippen molar-refractivity contribution in [3.8, 4) is 5.75 Å². The Hall–Kier alpha value is -3.33. The van der Waals surface area contributed by atoms with Gasteiger partial charge in [0.15, 0.2) is 0 Å². The average molecular weight is 647 g/mol. The first-order valence-corrected chi connectivity index (χ1v) is 16.7. The number of hydrogen-bond acceptors (Lipinski definition) is 5. The summed E-state index contributed by atoms with van der Waals surface area (Å²) in [7, 11) is 0. The Labute approximate surface area is 271 Å². The van der Waals surface area contributed by atoms with Gasteiger partial charge in [0.2, 0.25) is 0 Å². The highest BCUT2D eigenvalue weighted by Gasteiger charge is 2.72. The summed E-state index contributed by atoms with van der Waals surface area (Å²) in [4.78, 5) is 26.1. The molecule has 2 aliphatic rings. The van der Waals surface area contributed by atoms with Gasteiger partial charge in [-0.3, -0.25) is 9.59 Å². The Morgan fingerprint density at radius 1 is 0.870 bits per heavy atom. The molecule has 6 nitrogen and oxygen atoms in total. The Balaban J connectivity index is 1.72. The van der Waals surface area contributed by atoms with Gasteiger partial charge in [0, 0.05) is 13.2 Å². The van der Waals surface area contributed by atoms with Gasteiger partial charge in [0.25, 0.3) is 0 Å². The minimum Gasteiger partial charge on any atom is -0.494 e. The zero-order valence-electron chi connectivity index (χ0n) is 27.2. The molecular weight excluding hydrogens is 597 g/mol. The van der Waals surface area contributed by atoms with Crippen LogP contribution in [0.1, 0.15) is 90.0 Å². The van der Waals surface area contributed by atoms with E-state index in [4.69, 9.17) is 14.2 Å². The first kappa shape index (κ1) is 37.1. The fourth-order valence-corrected chi connectivity index (χ4v) is 6.23. The van der Waals surface area contributed by atoms with Crippen molar-refractivity contribution in [3.05, 3.63) is 72.4 Å². The molecule has 0 fully saturated rings. The summed E-state index contributed by atoms with van der Waals surface area (Å²) >= 11 is 0. The number of esters is 1. The number of rotatable bonds is 20. The third-order valence-electron chi connectivity index (χ3n) is 8.88. The van der Waals surface area contributed by atoms with Crippen LogP contribution in [0.15, 0.2) is 66.8 Å². The van der Waals surface area contributed by atoms with E-state index in [1.165, 1.54) is 43.9 Å². The number of aliphatic carboxylic acids is 1. The quantitative estimate of drug-likeness (QED) is 0.112. The van der Waals surface area contributed by atoms with Gasteiger partial charge >= 0.3 is 18.1 Å². The maximum atomic E-state index is 15.2. The largest absolute Gasteiger partial charge is 0.494 e. The normalized spacial score (nSPS) is 22.5. The highest BCUT2D eigenvalue weighted by molar-refractivity contribution is 5.87. The molecule has 0 saturated heterocycles. The Kier molecular flexibility index (Phi) is 14.6. The van der Waals surface area contributed by atoms with E-state index in [2.05, 4.69) is 6.92 Å².